The molecule has 0 aliphatic rings. The zero-order chi connectivity index (χ0) is 15.1. The predicted molar refractivity (Wildman–Crippen MR) is 82.8 cm³/mol. The third-order valence-corrected chi connectivity index (χ3v) is 2.76. The van der Waals surface area contributed by atoms with E-state index in [0.29, 0.717) is 10.0 Å². The molecule has 0 spiro atoms. The Balaban J connectivity index is 2.47. The molecule has 5 N–H and O–H groups in total. The minimum absolute atomic E-state index is 0.0203. The molecule has 0 aromatic heterocycles. The van der Waals surface area contributed by atoms with E-state index in [1.165, 1.54) is 0 Å². The van der Waals surface area contributed by atoms with Crippen LogP contribution in [0.2, 0.25) is 10.0 Å². The summed E-state index contributed by atoms with van der Waals surface area (Å²) in [6.45, 7) is 4.01. The number of halogens is 2. The van der Waals surface area contributed by atoms with Gasteiger partial charge in [-0.25, -0.2) is 10.5 Å². The van der Waals surface area contributed by atoms with E-state index in [1.807, 2.05) is 13.8 Å². The molecule has 0 bridgehead atoms. The second-order valence-corrected chi connectivity index (χ2v) is 5.03. The van der Waals surface area contributed by atoms with Crippen molar-refractivity contribution in [3.63, 3.8) is 0 Å². The number of benzene rings is 1. The van der Waals surface area contributed by atoms with Crippen LogP contribution in [0.5, 0.6) is 0 Å². The maximum absolute atomic E-state index is 5.88. The lowest BCUT2D eigenvalue weighted by molar-refractivity contribution is 0.0704. The first-order valence-corrected chi connectivity index (χ1v) is 6.63. The highest BCUT2D eigenvalue weighted by molar-refractivity contribution is 6.42. The molecule has 0 radical (unpaired) electrons. The van der Waals surface area contributed by atoms with Crippen LogP contribution < -0.4 is 16.9 Å². The molecule has 20 heavy (non-hydrogen) atoms. The number of nitrogens with two attached hydrogens (primary N) is 2. The maximum atomic E-state index is 5.88. The molecule has 0 atom stereocenters. The van der Waals surface area contributed by atoms with E-state index < -0.39 is 0 Å². The molecule has 0 amide bonds. The zero-order valence-electron chi connectivity index (χ0n) is 11.2. The average molecular weight is 318 g/mol. The van der Waals surface area contributed by atoms with Gasteiger partial charge in [-0.15, -0.1) is 0 Å². The van der Waals surface area contributed by atoms with Crippen LogP contribution in [0.1, 0.15) is 19.4 Å². The Hall–Kier alpha value is -1.50. The van der Waals surface area contributed by atoms with Gasteiger partial charge in [0.25, 0.3) is 0 Å². The summed E-state index contributed by atoms with van der Waals surface area (Å²) in [7, 11) is 0. The van der Waals surface area contributed by atoms with Crippen LogP contribution in [0.3, 0.4) is 0 Å². The van der Waals surface area contributed by atoms with Crippen LogP contribution in [-0.4, -0.2) is 18.0 Å². The lowest BCUT2D eigenvalue weighted by Gasteiger charge is -2.07. The lowest BCUT2D eigenvalue weighted by Crippen LogP contribution is -2.33. The summed E-state index contributed by atoms with van der Waals surface area (Å²) in [4.78, 5) is 13.0. The molecule has 0 aliphatic heterocycles. The van der Waals surface area contributed by atoms with E-state index in [0.717, 1.165) is 5.56 Å². The lowest BCUT2D eigenvalue weighted by atomic mass is 10.2. The van der Waals surface area contributed by atoms with Gasteiger partial charge in [-0.2, -0.15) is 4.99 Å². The Morgan fingerprint density at radius 3 is 2.60 bits per heavy atom. The Kier molecular flexibility index (Phi) is 6.57. The third-order valence-electron chi connectivity index (χ3n) is 2.03. The fourth-order valence-electron chi connectivity index (χ4n) is 1.26. The van der Waals surface area contributed by atoms with Crippen LogP contribution in [0, 0.1) is 0 Å². The van der Waals surface area contributed by atoms with Gasteiger partial charge >= 0.3 is 0 Å². The summed E-state index contributed by atoms with van der Waals surface area (Å²) < 4.78 is 0. The highest BCUT2D eigenvalue weighted by atomic mass is 35.5. The number of hydroxylamine groups is 1. The van der Waals surface area contributed by atoms with Crippen LogP contribution >= 0.6 is 23.2 Å². The molecule has 0 unspecified atom stereocenters. The molecular formula is C12H17Cl2N5O. The van der Waals surface area contributed by atoms with Gasteiger partial charge in [0.15, 0.2) is 0 Å². The van der Waals surface area contributed by atoms with Gasteiger partial charge in [-0.3, -0.25) is 4.84 Å². The molecule has 0 heterocycles. The Morgan fingerprint density at radius 1 is 1.30 bits per heavy atom. The second kappa shape index (κ2) is 7.94. The summed E-state index contributed by atoms with van der Waals surface area (Å²) in [5.74, 6) is 0.107. The molecule has 0 saturated heterocycles. The van der Waals surface area contributed by atoms with Crippen molar-refractivity contribution < 1.29 is 4.84 Å². The van der Waals surface area contributed by atoms with Crippen molar-refractivity contribution in [1.82, 2.24) is 5.48 Å². The molecule has 1 aromatic rings. The minimum Gasteiger partial charge on any atom is -0.368 e. The first kappa shape index (κ1) is 16.6. The highest BCUT2D eigenvalue weighted by Gasteiger charge is 2.01. The van der Waals surface area contributed by atoms with Crippen molar-refractivity contribution in [1.29, 1.82) is 0 Å². The fourth-order valence-corrected chi connectivity index (χ4v) is 1.58. The Bertz CT molecular complexity index is 517. The van der Waals surface area contributed by atoms with Gasteiger partial charge in [-0.05, 0) is 31.5 Å². The fraction of sp³-hybridized carbons (Fsp3) is 0.333. The van der Waals surface area contributed by atoms with Crippen molar-refractivity contribution in [2.45, 2.75) is 26.5 Å². The first-order chi connectivity index (χ1) is 9.38. The van der Waals surface area contributed by atoms with Crippen molar-refractivity contribution >= 4 is 35.1 Å². The second-order valence-electron chi connectivity index (χ2n) is 4.22. The molecule has 1 aromatic carbocycles. The molecule has 110 valence electrons. The Labute approximate surface area is 127 Å². The number of aliphatic imine (C=N–C) groups is 2. The van der Waals surface area contributed by atoms with Crippen LogP contribution in [0.25, 0.3) is 0 Å². The zero-order valence-corrected chi connectivity index (χ0v) is 12.7. The number of guanidine groups is 2. The number of hydrogen-bond donors (Lipinski definition) is 3. The maximum Gasteiger partial charge on any atom is 0.221 e. The van der Waals surface area contributed by atoms with Gasteiger partial charge in [0.2, 0.25) is 11.9 Å². The SMILES string of the molecule is CC(C)N=C(N)N=C(N)NOCc1ccc(Cl)c(Cl)c1. The van der Waals surface area contributed by atoms with E-state index >= 15 is 0 Å². The largest absolute Gasteiger partial charge is 0.368 e. The minimum atomic E-state index is 0.0203. The number of rotatable bonds is 4. The van der Waals surface area contributed by atoms with Crippen LogP contribution in [-0.2, 0) is 11.4 Å². The quantitative estimate of drug-likeness (QED) is 0.449. The highest BCUT2D eigenvalue weighted by Crippen LogP contribution is 2.22. The van der Waals surface area contributed by atoms with E-state index in [4.69, 9.17) is 39.5 Å². The summed E-state index contributed by atoms with van der Waals surface area (Å²) >= 11 is 11.7. The topological polar surface area (TPSA) is 98.0 Å². The molecule has 1 rings (SSSR count). The summed E-state index contributed by atoms with van der Waals surface area (Å²) in [5.41, 5.74) is 14.4. The predicted octanol–water partition coefficient (Wildman–Crippen LogP) is 2.05. The standard InChI is InChI=1S/C12H17Cl2N5O/c1-7(2)17-11(15)18-12(16)19-20-6-8-3-4-9(13)10(14)5-8/h3-5,7H,6H2,1-2H3,(H5,15,16,17,18,19). The van der Waals surface area contributed by atoms with Crippen molar-refractivity contribution in [3.05, 3.63) is 33.8 Å². The van der Waals surface area contributed by atoms with Gasteiger partial charge in [-0.1, -0.05) is 29.3 Å². The van der Waals surface area contributed by atoms with Crippen molar-refractivity contribution in [2.24, 2.45) is 21.5 Å². The molecule has 0 fully saturated rings. The van der Waals surface area contributed by atoms with Crippen molar-refractivity contribution in [3.8, 4) is 0 Å². The summed E-state index contributed by atoms with van der Waals surface area (Å²) in [6.07, 6.45) is 0. The summed E-state index contributed by atoms with van der Waals surface area (Å²) in [5, 5.41) is 0.949. The van der Waals surface area contributed by atoms with E-state index in [9.17, 15) is 0 Å². The van der Waals surface area contributed by atoms with Crippen LogP contribution in [0.15, 0.2) is 28.2 Å². The van der Waals surface area contributed by atoms with Gasteiger partial charge in [0.05, 0.1) is 16.7 Å². The monoisotopic (exact) mass is 317 g/mol. The summed E-state index contributed by atoms with van der Waals surface area (Å²) in [6, 6.07) is 5.22. The molecule has 0 saturated carbocycles. The molecule has 6 nitrogen and oxygen atoms in total. The van der Waals surface area contributed by atoms with Crippen LogP contribution in [0.4, 0.5) is 0 Å². The normalized spacial score (nSPS) is 12.8. The number of nitrogens with one attached hydrogen (secondary N) is 1. The van der Waals surface area contributed by atoms with Gasteiger partial charge in [0, 0.05) is 6.04 Å². The van der Waals surface area contributed by atoms with Gasteiger partial charge < -0.3 is 11.5 Å². The van der Waals surface area contributed by atoms with E-state index in [2.05, 4.69) is 15.5 Å². The number of hydrogen-bond acceptors (Lipinski definition) is 2. The van der Waals surface area contributed by atoms with E-state index in [1.54, 1.807) is 18.2 Å². The Morgan fingerprint density at radius 2 is 2.00 bits per heavy atom. The molecule has 0 aliphatic carbocycles. The number of nitrogens with zero attached hydrogens (tertiary/aromatic N) is 2. The van der Waals surface area contributed by atoms with E-state index in [-0.39, 0.29) is 24.6 Å². The molecule has 8 heteroatoms. The third kappa shape index (κ3) is 6.10. The smallest absolute Gasteiger partial charge is 0.221 e. The first-order valence-electron chi connectivity index (χ1n) is 5.87. The molecular weight excluding hydrogens is 301 g/mol. The van der Waals surface area contributed by atoms with Gasteiger partial charge in [0.1, 0.15) is 0 Å². The van der Waals surface area contributed by atoms with Crippen molar-refractivity contribution in [2.75, 3.05) is 0 Å². The average Bonchev–Trinajstić information content (AvgIpc) is 2.32.